The zero-order valence-electron chi connectivity index (χ0n) is 6.70. The van der Waals surface area contributed by atoms with E-state index in [1.54, 1.807) is 13.0 Å². The van der Waals surface area contributed by atoms with Gasteiger partial charge in [-0.15, -0.1) is 0 Å². The summed E-state index contributed by atoms with van der Waals surface area (Å²) in [5.41, 5.74) is 1.04. The molecule has 2 aromatic rings. The van der Waals surface area contributed by atoms with Gasteiger partial charge in [0.2, 0.25) is 0 Å². The SMILES string of the molecule is C.Cc1cc2ccccc2oc1=O. The van der Waals surface area contributed by atoms with Crippen molar-refractivity contribution in [2.24, 2.45) is 0 Å². The van der Waals surface area contributed by atoms with E-state index in [1.807, 2.05) is 24.3 Å². The van der Waals surface area contributed by atoms with Crippen LogP contribution in [0.3, 0.4) is 0 Å². The van der Waals surface area contributed by atoms with E-state index in [0.717, 1.165) is 5.39 Å². The average molecular weight is 176 g/mol. The maximum Gasteiger partial charge on any atom is 0.339 e. The summed E-state index contributed by atoms with van der Waals surface area (Å²) < 4.78 is 5.04. The highest BCUT2D eigenvalue weighted by atomic mass is 16.4. The van der Waals surface area contributed by atoms with Crippen LogP contribution >= 0.6 is 0 Å². The molecule has 0 fully saturated rings. The molecule has 13 heavy (non-hydrogen) atoms. The fourth-order valence-corrected chi connectivity index (χ4v) is 1.17. The van der Waals surface area contributed by atoms with Crippen molar-refractivity contribution in [1.29, 1.82) is 0 Å². The molecular weight excluding hydrogens is 164 g/mol. The largest absolute Gasteiger partial charge is 0.423 e. The van der Waals surface area contributed by atoms with Crippen molar-refractivity contribution in [3.63, 3.8) is 0 Å². The molecule has 2 rings (SSSR count). The lowest BCUT2D eigenvalue weighted by molar-refractivity contribution is 0.555. The van der Waals surface area contributed by atoms with Gasteiger partial charge >= 0.3 is 5.63 Å². The summed E-state index contributed by atoms with van der Waals surface area (Å²) in [6.07, 6.45) is 0. The highest BCUT2D eigenvalue weighted by Crippen LogP contribution is 2.11. The van der Waals surface area contributed by atoms with Crippen LogP contribution in [-0.4, -0.2) is 0 Å². The number of aryl methyl sites for hydroxylation is 1. The summed E-state index contributed by atoms with van der Waals surface area (Å²) in [5, 5.41) is 0.967. The second-order valence-corrected chi connectivity index (χ2v) is 2.75. The molecule has 0 spiro atoms. The van der Waals surface area contributed by atoms with Crippen LogP contribution in [0.2, 0.25) is 0 Å². The molecule has 0 bridgehead atoms. The minimum Gasteiger partial charge on any atom is -0.423 e. The lowest BCUT2D eigenvalue weighted by atomic mass is 10.2. The van der Waals surface area contributed by atoms with Gasteiger partial charge in [-0.2, -0.15) is 0 Å². The highest BCUT2D eigenvalue weighted by molar-refractivity contribution is 5.76. The monoisotopic (exact) mass is 176 g/mol. The lowest BCUT2D eigenvalue weighted by Gasteiger charge is -1.95. The van der Waals surface area contributed by atoms with Crippen molar-refractivity contribution in [1.82, 2.24) is 0 Å². The van der Waals surface area contributed by atoms with Crippen LogP contribution in [0.15, 0.2) is 39.5 Å². The zero-order chi connectivity index (χ0) is 8.55. The molecule has 2 nitrogen and oxygen atoms in total. The molecule has 0 amide bonds. The van der Waals surface area contributed by atoms with E-state index in [9.17, 15) is 4.79 Å². The summed E-state index contributed by atoms with van der Waals surface area (Å²) in [6, 6.07) is 9.31. The van der Waals surface area contributed by atoms with Crippen molar-refractivity contribution in [3.05, 3.63) is 46.3 Å². The maximum absolute atomic E-state index is 11.1. The first kappa shape index (κ1) is 9.52. The number of hydrogen-bond acceptors (Lipinski definition) is 2. The molecule has 0 unspecified atom stereocenters. The van der Waals surface area contributed by atoms with E-state index in [4.69, 9.17) is 4.42 Å². The molecule has 2 heteroatoms. The molecule has 0 aliphatic heterocycles. The van der Waals surface area contributed by atoms with Crippen molar-refractivity contribution in [2.75, 3.05) is 0 Å². The van der Waals surface area contributed by atoms with E-state index >= 15 is 0 Å². The highest BCUT2D eigenvalue weighted by Gasteiger charge is 1.98. The van der Waals surface area contributed by atoms with Crippen LogP contribution in [0.5, 0.6) is 0 Å². The Kier molecular flexibility index (Phi) is 2.52. The van der Waals surface area contributed by atoms with Gasteiger partial charge in [0.15, 0.2) is 0 Å². The van der Waals surface area contributed by atoms with Gasteiger partial charge in [0.05, 0.1) is 0 Å². The Hall–Kier alpha value is -1.57. The van der Waals surface area contributed by atoms with Gasteiger partial charge in [0.1, 0.15) is 5.58 Å². The Morgan fingerprint density at radius 1 is 1.23 bits per heavy atom. The zero-order valence-corrected chi connectivity index (χ0v) is 6.70. The van der Waals surface area contributed by atoms with E-state index in [1.165, 1.54) is 0 Å². The predicted octanol–water partition coefficient (Wildman–Crippen LogP) is 2.74. The molecule has 0 aliphatic rings. The number of benzene rings is 1. The van der Waals surface area contributed by atoms with Crippen molar-refractivity contribution in [2.45, 2.75) is 14.4 Å². The van der Waals surface area contributed by atoms with E-state index in [0.29, 0.717) is 11.1 Å². The summed E-state index contributed by atoms with van der Waals surface area (Å²) in [4.78, 5) is 11.1. The number of fused-ring (bicyclic) bond motifs is 1. The Morgan fingerprint density at radius 3 is 2.69 bits per heavy atom. The summed E-state index contributed by atoms with van der Waals surface area (Å²) in [6.45, 7) is 1.75. The standard InChI is InChI=1S/C10H8O2.CH4/c1-7-6-8-4-2-3-5-9(8)12-10(7)11;/h2-6H,1H3;1H4. The van der Waals surface area contributed by atoms with Crippen molar-refractivity contribution >= 4 is 11.0 Å². The quantitative estimate of drug-likeness (QED) is 0.578. The van der Waals surface area contributed by atoms with Gasteiger partial charge in [0, 0.05) is 10.9 Å². The molecule has 0 aliphatic carbocycles. The van der Waals surface area contributed by atoms with E-state index < -0.39 is 0 Å². The average Bonchev–Trinajstić information content (AvgIpc) is 2.07. The summed E-state index contributed by atoms with van der Waals surface area (Å²) >= 11 is 0. The normalized spacial score (nSPS) is 9.62. The number of hydrogen-bond donors (Lipinski definition) is 0. The number of rotatable bonds is 0. The summed E-state index contributed by atoms with van der Waals surface area (Å²) in [7, 11) is 0. The van der Waals surface area contributed by atoms with E-state index in [-0.39, 0.29) is 13.1 Å². The molecule has 1 heterocycles. The predicted molar refractivity (Wildman–Crippen MR) is 54.0 cm³/mol. The fourth-order valence-electron chi connectivity index (χ4n) is 1.17. The third kappa shape index (κ3) is 1.61. The third-order valence-corrected chi connectivity index (χ3v) is 1.82. The molecule has 0 saturated heterocycles. The topological polar surface area (TPSA) is 30.2 Å². The molecule has 68 valence electrons. The molecule has 1 aromatic carbocycles. The Bertz CT molecular complexity index is 469. The Labute approximate surface area is 76.8 Å². The smallest absolute Gasteiger partial charge is 0.339 e. The minimum atomic E-state index is -0.256. The first-order chi connectivity index (χ1) is 5.77. The third-order valence-electron chi connectivity index (χ3n) is 1.82. The molecular formula is C11H12O2. The Morgan fingerprint density at radius 2 is 1.92 bits per heavy atom. The van der Waals surface area contributed by atoms with Crippen molar-refractivity contribution in [3.8, 4) is 0 Å². The molecule has 0 radical (unpaired) electrons. The van der Waals surface area contributed by atoms with Crippen LogP contribution in [0.25, 0.3) is 11.0 Å². The van der Waals surface area contributed by atoms with Crippen LogP contribution in [0, 0.1) is 6.92 Å². The van der Waals surface area contributed by atoms with Gasteiger partial charge in [-0.3, -0.25) is 0 Å². The first-order valence-corrected chi connectivity index (χ1v) is 3.77. The van der Waals surface area contributed by atoms with Gasteiger partial charge in [-0.1, -0.05) is 25.6 Å². The van der Waals surface area contributed by atoms with Crippen LogP contribution in [0.4, 0.5) is 0 Å². The molecule has 0 N–H and O–H groups in total. The van der Waals surface area contributed by atoms with Gasteiger partial charge in [-0.05, 0) is 19.1 Å². The second-order valence-electron chi connectivity index (χ2n) is 2.75. The minimum absolute atomic E-state index is 0. The number of para-hydroxylation sites is 1. The summed E-state index contributed by atoms with van der Waals surface area (Å²) in [5.74, 6) is 0. The van der Waals surface area contributed by atoms with Crippen molar-refractivity contribution < 1.29 is 4.42 Å². The Balaban J connectivity index is 0.000000845. The first-order valence-electron chi connectivity index (χ1n) is 3.77. The van der Waals surface area contributed by atoms with Crippen LogP contribution in [-0.2, 0) is 0 Å². The van der Waals surface area contributed by atoms with E-state index in [2.05, 4.69) is 0 Å². The lowest BCUT2D eigenvalue weighted by Crippen LogP contribution is -2.01. The maximum atomic E-state index is 11.1. The fraction of sp³-hybridized carbons (Fsp3) is 0.182. The van der Waals surface area contributed by atoms with Gasteiger partial charge in [-0.25, -0.2) is 4.79 Å². The molecule has 0 saturated carbocycles. The van der Waals surface area contributed by atoms with Crippen LogP contribution < -0.4 is 5.63 Å². The molecule has 0 atom stereocenters. The second kappa shape index (κ2) is 3.44. The van der Waals surface area contributed by atoms with Gasteiger partial charge in [0.25, 0.3) is 0 Å². The van der Waals surface area contributed by atoms with Crippen LogP contribution in [0.1, 0.15) is 13.0 Å². The van der Waals surface area contributed by atoms with Gasteiger partial charge < -0.3 is 4.42 Å². The molecule has 1 aromatic heterocycles.